The zero-order valence-electron chi connectivity index (χ0n) is 23.0. The Morgan fingerprint density at radius 2 is 1.54 bits per heavy atom. The Kier molecular flexibility index (Phi) is 8.97. The largest absolute Gasteiger partial charge is 0.350 e. The quantitative estimate of drug-likeness (QED) is 0.226. The lowest BCUT2D eigenvalue weighted by Gasteiger charge is -2.28. The Morgan fingerprint density at radius 3 is 2.24 bits per heavy atom. The number of hydrogen-bond acceptors (Lipinski definition) is 7. The zero-order valence-corrected chi connectivity index (χ0v) is 23.9. The molecule has 1 fully saturated rings. The van der Waals surface area contributed by atoms with Crippen molar-refractivity contribution in [2.45, 2.75) is 51.8 Å². The monoisotopic (exact) mass is 581 g/mol. The van der Waals surface area contributed by atoms with Crippen molar-refractivity contribution in [1.82, 2.24) is 14.2 Å². The molecule has 4 aromatic rings. The SMILES string of the molecule is CCOP(=O)(OCC)[C@@H]1C[C@@H](Cn2c(=O)n(Cc3ccccc3F)c(=O)c3ccccc32)ON1Cc1ccccc1. The summed E-state index contributed by atoms with van der Waals surface area (Å²) in [7, 11) is -3.61. The minimum atomic E-state index is -3.61. The smallest absolute Gasteiger partial charge is 0.308 e. The Hall–Kier alpha value is -3.40. The van der Waals surface area contributed by atoms with Gasteiger partial charge < -0.3 is 9.05 Å². The van der Waals surface area contributed by atoms with Gasteiger partial charge in [-0.3, -0.25) is 23.3 Å². The summed E-state index contributed by atoms with van der Waals surface area (Å²) in [4.78, 5) is 33.5. The van der Waals surface area contributed by atoms with Gasteiger partial charge in [-0.25, -0.2) is 9.18 Å². The van der Waals surface area contributed by atoms with Gasteiger partial charge in [0.15, 0.2) is 0 Å². The van der Waals surface area contributed by atoms with Crippen LogP contribution in [0, 0.1) is 5.82 Å². The van der Waals surface area contributed by atoms with Crippen molar-refractivity contribution >= 4 is 18.5 Å². The second-order valence-corrected chi connectivity index (χ2v) is 12.0. The first-order valence-electron chi connectivity index (χ1n) is 13.7. The Balaban J connectivity index is 1.53. The summed E-state index contributed by atoms with van der Waals surface area (Å²) in [6.07, 6.45) is -0.324. The molecule has 3 aromatic carbocycles. The highest BCUT2D eigenvalue weighted by molar-refractivity contribution is 7.54. The van der Waals surface area contributed by atoms with Gasteiger partial charge >= 0.3 is 13.3 Å². The summed E-state index contributed by atoms with van der Waals surface area (Å²) < 4.78 is 42.3. The average molecular weight is 582 g/mol. The molecule has 2 heterocycles. The van der Waals surface area contributed by atoms with E-state index in [0.717, 1.165) is 10.1 Å². The number of hydroxylamine groups is 2. The molecule has 0 unspecified atom stereocenters. The van der Waals surface area contributed by atoms with Crippen molar-refractivity contribution in [3.8, 4) is 0 Å². The first-order chi connectivity index (χ1) is 19.8. The minimum absolute atomic E-state index is 0.0664. The van der Waals surface area contributed by atoms with Crippen LogP contribution in [0.25, 0.3) is 10.9 Å². The highest BCUT2D eigenvalue weighted by atomic mass is 31.2. The van der Waals surface area contributed by atoms with Gasteiger partial charge in [-0.1, -0.05) is 60.7 Å². The van der Waals surface area contributed by atoms with E-state index in [4.69, 9.17) is 13.9 Å². The van der Waals surface area contributed by atoms with Gasteiger partial charge in [0.05, 0.1) is 49.9 Å². The van der Waals surface area contributed by atoms with E-state index in [-0.39, 0.29) is 38.3 Å². The molecule has 0 aliphatic carbocycles. The summed E-state index contributed by atoms with van der Waals surface area (Å²) in [6.45, 7) is 4.08. The van der Waals surface area contributed by atoms with Gasteiger partial charge in [-0.2, -0.15) is 5.06 Å². The molecule has 11 heteroatoms. The predicted octanol–water partition coefficient (Wildman–Crippen LogP) is 5.15. The minimum Gasteiger partial charge on any atom is -0.308 e. The predicted molar refractivity (Wildman–Crippen MR) is 154 cm³/mol. The van der Waals surface area contributed by atoms with Crippen molar-refractivity contribution in [3.63, 3.8) is 0 Å². The van der Waals surface area contributed by atoms with E-state index in [0.29, 0.717) is 17.4 Å². The van der Waals surface area contributed by atoms with Crippen LogP contribution in [-0.2, 0) is 38.1 Å². The Morgan fingerprint density at radius 1 is 0.878 bits per heavy atom. The fraction of sp³-hybridized carbons (Fsp3) is 0.333. The van der Waals surface area contributed by atoms with Crippen LogP contribution in [0.3, 0.4) is 0 Å². The highest BCUT2D eigenvalue weighted by Gasteiger charge is 2.47. The number of hydrogen-bond donors (Lipinski definition) is 0. The molecule has 216 valence electrons. The molecule has 9 nitrogen and oxygen atoms in total. The normalized spacial score (nSPS) is 17.8. The second kappa shape index (κ2) is 12.6. The van der Waals surface area contributed by atoms with Crippen LogP contribution in [0.15, 0.2) is 88.5 Å². The molecule has 0 bridgehead atoms. The molecule has 1 aliphatic rings. The molecule has 0 spiro atoms. The fourth-order valence-electron chi connectivity index (χ4n) is 5.21. The first kappa shape index (κ1) is 29.1. The summed E-state index contributed by atoms with van der Waals surface area (Å²) in [6, 6.07) is 22.5. The number of para-hydroxylation sites is 1. The summed E-state index contributed by atoms with van der Waals surface area (Å²) in [5.41, 5.74) is 0.522. The number of rotatable bonds is 11. The molecule has 0 radical (unpaired) electrons. The van der Waals surface area contributed by atoms with Crippen molar-refractivity contribution in [2.75, 3.05) is 13.2 Å². The van der Waals surface area contributed by atoms with E-state index in [9.17, 15) is 18.5 Å². The molecule has 5 rings (SSSR count). The van der Waals surface area contributed by atoms with Gasteiger partial charge in [0.1, 0.15) is 11.6 Å². The van der Waals surface area contributed by atoms with Crippen LogP contribution in [0.4, 0.5) is 4.39 Å². The van der Waals surface area contributed by atoms with Crippen LogP contribution in [0.1, 0.15) is 31.4 Å². The van der Waals surface area contributed by atoms with Gasteiger partial charge in [0.25, 0.3) is 5.56 Å². The lowest BCUT2D eigenvalue weighted by atomic mass is 10.2. The van der Waals surface area contributed by atoms with E-state index >= 15 is 0 Å². The topological polar surface area (TPSA) is 92.0 Å². The number of halogens is 1. The van der Waals surface area contributed by atoms with Crippen molar-refractivity contribution in [3.05, 3.63) is 117 Å². The second-order valence-electron chi connectivity index (χ2n) is 9.77. The van der Waals surface area contributed by atoms with Crippen LogP contribution in [-0.4, -0.2) is 39.3 Å². The maximum Gasteiger partial charge on any atom is 0.350 e. The highest BCUT2D eigenvalue weighted by Crippen LogP contribution is 2.58. The Labute approximate surface area is 237 Å². The molecule has 0 saturated carbocycles. The standard InChI is InChI=1S/C30H33FN3O6P/c1-3-38-41(37,39-4-2)28-18-24(40-34(28)19-22-12-6-5-7-13-22)21-32-27-17-11-9-15-25(27)29(35)33(30(32)36)20-23-14-8-10-16-26(23)31/h5-17,24,28H,3-4,18-21H2,1-2H3/t24-,28+/m0/s1. The molecule has 0 N–H and O–H groups in total. The third kappa shape index (κ3) is 6.12. The van der Waals surface area contributed by atoms with E-state index in [2.05, 4.69) is 0 Å². The van der Waals surface area contributed by atoms with Gasteiger partial charge in [-0.15, -0.1) is 0 Å². The van der Waals surface area contributed by atoms with Crippen LogP contribution >= 0.6 is 7.60 Å². The third-order valence-electron chi connectivity index (χ3n) is 7.06. The molecule has 0 amide bonds. The van der Waals surface area contributed by atoms with Crippen molar-refractivity contribution < 1.29 is 22.8 Å². The van der Waals surface area contributed by atoms with E-state index in [1.165, 1.54) is 10.6 Å². The van der Waals surface area contributed by atoms with Crippen LogP contribution < -0.4 is 11.2 Å². The molecular weight excluding hydrogens is 548 g/mol. The lowest BCUT2D eigenvalue weighted by Crippen LogP contribution is -2.42. The van der Waals surface area contributed by atoms with Crippen molar-refractivity contribution in [2.24, 2.45) is 0 Å². The number of benzene rings is 3. The average Bonchev–Trinajstić information content (AvgIpc) is 3.38. The molecule has 1 aliphatic heterocycles. The molecule has 1 saturated heterocycles. The Bertz CT molecular complexity index is 1660. The lowest BCUT2D eigenvalue weighted by molar-refractivity contribution is -0.164. The number of aromatic nitrogens is 2. The van der Waals surface area contributed by atoms with E-state index < -0.39 is 36.5 Å². The van der Waals surface area contributed by atoms with Crippen LogP contribution in [0.5, 0.6) is 0 Å². The number of fused-ring (bicyclic) bond motifs is 1. The van der Waals surface area contributed by atoms with Gasteiger partial charge in [0.2, 0.25) is 0 Å². The van der Waals surface area contributed by atoms with Crippen molar-refractivity contribution in [1.29, 1.82) is 0 Å². The third-order valence-corrected chi connectivity index (χ3v) is 9.49. The summed E-state index contributed by atoms with van der Waals surface area (Å²) in [5, 5.41) is 1.95. The molecule has 2 atom stereocenters. The van der Waals surface area contributed by atoms with Gasteiger partial charge in [-0.05, 0) is 37.6 Å². The van der Waals surface area contributed by atoms with Gasteiger partial charge in [0, 0.05) is 12.0 Å². The zero-order chi connectivity index (χ0) is 29.0. The first-order valence-corrected chi connectivity index (χ1v) is 15.3. The summed E-state index contributed by atoms with van der Waals surface area (Å²) >= 11 is 0. The van der Waals surface area contributed by atoms with E-state index in [1.54, 1.807) is 61.4 Å². The number of nitrogens with zero attached hydrogens (tertiary/aromatic N) is 3. The molecular formula is C30H33FN3O6P. The fourth-order valence-corrected chi connectivity index (χ4v) is 7.30. The van der Waals surface area contributed by atoms with E-state index in [1.807, 2.05) is 30.3 Å². The van der Waals surface area contributed by atoms with Crippen LogP contribution in [0.2, 0.25) is 0 Å². The molecule has 1 aromatic heterocycles. The maximum absolute atomic E-state index is 14.5. The molecule has 41 heavy (non-hydrogen) atoms. The summed E-state index contributed by atoms with van der Waals surface area (Å²) in [5.74, 6) is -1.21. The maximum atomic E-state index is 14.5.